The first-order chi connectivity index (χ1) is 21.9. The number of rotatable bonds is 7. The quantitative estimate of drug-likeness (QED) is 0.189. The van der Waals surface area contributed by atoms with Crippen LogP contribution in [0.1, 0.15) is 96.0 Å². The van der Waals surface area contributed by atoms with Gasteiger partial charge < -0.3 is 31.6 Å². The van der Waals surface area contributed by atoms with Crippen LogP contribution in [-0.4, -0.2) is 47.8 Å². The Morgan fingerprint density at radius 3 is 2.02 bits per heavy atom. The number of nitrogens with two attached hydrogens (primary N) is 2. The van der Waals surface area contributed by atoms with Crippen molar-refractivity contribution >= 4 is 51.5 Å². The lowest BCUT2D eigenvalue weighted by Gasteiger charge is -2.30. The van der Waals surface area contributed by atoms with Crippen LogP contribution in [0, 0.1) is 34.5 Å². The number of fused-ring (bicyclic) bond motifs is 1. The molecule has 7 N–H and O–H groups in total. The van der Waals surface area contributed by atoms with E-state index in [1.54, 1.807) is 25.4 Å². The second-order valence-corrected chi connectivity index (χ2v) is 12.7. The summed E-state index contributed by atoms with van der Waals surface area (Å²) in [6.07, 6.45) is 11.3. The van der Waals surface area contributed by atoms with Gasteiger partial charge in [0.25, 0.3) is 0 Å². The summed E-state index contributed by atoms with van der Waals surface area (Å²) in [7, 11) is 0. The molecule has 46 heavy (non-hydrogen) atoms. The Morgan fingerprint density at radius 1 is 0.978 bits per heavy atom. The number of nitrogen functional groups attached to an aromatic ring is 1. The molecule has 2 fully saturated rings. The minimum absolute atomic E-state index is 0.294. The number of carbonyl (C=O) groups excluding carboxylic acids is 1. The maximum absolute atomic E-state index is 10.1. The number of nitriles is 2. The van der Waals surface area contributed by atoms with Gasteiger partial charge in [0, 0.05) is 37.1 Å². The fraction of sp³-hybridized carbons (Fsp3) is 0.562. The van der Waals surface area contributed by atoms with Crippen molar-refractivity contribution in [1.82, 2.24) is 19.5 Å². The second kappa shape index (κ2) is 17.9. The number of halogens is 2. The molecule has 248 valence electrons. The van der Waals surface area contributed by atoms with Gasteiger partial charge >= 0.3 is 0 Å². The molecule has 3 aromatic rings. The molecule has 3 aromatic heterocycles. The lowest BCUT2D eigenvalue weighted by Crippen LogP contribution is -2.26. The summed E-state index contributed by atoms with van der Waals surface area (Å²) in [5.74, 6) is 1.04. The summed E-state index contributed by atoms with van der Waals surface area (Å²) in [5.41, 5.74) is 13.6. The predicted molar refractivity (Wildman–Crippen MR) is 179 cm³/mol. The number of hydrogen-bond donors (Lipinski definition) is 5. The maximum atomic E-state index is 10.1. The number of hydrogen-bond acceptors (Lipinski definition) is 10. The highest BCUT2D eigenvalue weighted by atomic mass is 35.5. The van der Waals surface area contributed by atoms with Crippen molar-refractivity contribution in [2.75, 3.05) is 11.1 Å². The van der Waals surface area contributed by atoms with Crippen LogP contribution in [-0.2, 0) is 4.79 Å². The molecule has 14 heteroatoms. The molecule has 2 aliphatic carbocycles. The monoisotopic (exact) mass is 671 g/mol. The van der Waals surface area contributed by atoms with E-state index >= 15 is 0 Å². The number of primary amides is 1. The highest BCUT2D eigenvalue weighted by molar-refractivity contribution is 6.30. The number of carbonyl (C=O) groups is 1. The highest BCUT2D eigenvalue weighted by Crippen LogP contribution is 2.38. The Kier molecular flexibility index (Phi) is 14.3. The van der Waals surface area contributed by atoms with Gasteiger partial charge in [-0.2, -0.15) is 10.5 Å². The maximum Gasteiger partial charge on any atom is 0.245 e. The Hall–Kier alpha value is -3.68. The first kappa shape index (κ1) is 36.8. The first-order valence-electron chi connectivity index (χ1n) is 15.5. The van der Waals surface area contributed by atoms with E-state index in [4.69, 9.17) is 44.6 Å². The summed E-state index contributed by atoms with van der Waals surface area (Å²) in [6.45, 7) is 3.05. The van der Waals surface area contributed by atoms with Gasteiger partial charge in [0.05, 0.1) is 41.4 Å². The fourth-order valence-corrected chi connectivity index (χ4v) is 6.14. The van der Waals surface area contributed by atoms with E-state index in [2.05, 4.69) is 42.7 Å². The van der Waals surface area contributed by atoms with Gasteiger partial charge in [-0.15, -0.1) is 0 Å². The van der Waals surface area contributed by atoms with Gasteiger partial charge in [-0.1, -0.05) is 23.2 Å². The Balaban J connectivity index is 0.000000216. The number of aliphatic hydroxyl groups is 2. The molecule has 0 unspecified atom stereocenters. The Labute approximate surface area is 279 Å². The zero-order chi connectivity index (χ0) is 33.8. The molecule has 0 aromatic carbocycles. The van der Waals surface area contributed by atoms with Crippen molar-refractivity contribution in [2.24, 2.45) is 17.6 Å². The number of amides is 1. The van der Waals surface area contributed by atoms with Crippen LogP contribution in [0.5, 0.6) is 0 Å². The van der Waals surface area contributed by atoms with Crippen LogP contribution in [0.3, 0.4) is 0 Å². The summed E-state index contributed by atoms with van der Waals surface area (Å²) in [4.78, 5) is 22.2. The van der Waals surface area contributed by atoms with Crippen molar-refractivity contribution in [3.8, 4) is 12.1 Å². The van der Waals surface area contributed by atoms with Crippen LogP contribution >= 0.6 is 23.2 Å². The standard InChI is InChI=1S/C16H19ClN4O.C13H17ClN4.C3H7NO2/c1-10(22)16-20-13-9-19-15(17)8-14(13)21(16)12-4-2-11(3-5-12)6-7-18;14-13-7-12(11(16)8-17-13)18-10-3-1-9(2-4-10)5-6-15;1-2(5)3(4)6/h8-12,22H,2-6H2,1H3;7-10H,1-5,16H2,(H,17,18);2,5H,1H3,(H2,4,6)/t10-,11?,12?;;2-/m1.1/s1. The first-order valence-corrected chi connectivity index (χ1v) is 16.3. The molecule has 2 aliphatic rings. The summed E-state index contributed by atoms with van der Waals surface area (Å²) < 4.78 is 2.12. The Morgan fingerprint density at radius 2 is 1.50 bits per heavy atom. The van der Waals surface area contributed by atoms with E-state index < -0.39 is 18.1 Å². The molecule has 0 spiro atoms. The molecule has 0 bridgehead atoms. The lowest BCUT2D eigenvalue weighted by molar-refractivity contribution is -0.125. The molecule has 0 saturated heterocycles. The molecular formula is C32H43Cl2N9O3. The van der Waals surface area contributed by atoms with Gasteiger partial charge in [0.1, 0.15) is 33.9 Å². The lowest BCUT2D eigenvalue weighted by atomic mass is 9.84. The number of pyridine rings is 2. The van der Waals surface area contributed by atoms with Crippen LogP contribution in [0.25, 0.3) is 11.0 Å². The number of aromatic nitrogens is 4. The average Bonchev–Trinajstić information content (AvgIpc) is 3.40. The van der Waals surface area contributed by atoms with E-state index in [0.29, 0.717) is 58.6 Å². The van der Waals surface area contributed by atoms with Gasteiger partial charge in [-0.05, 0) is 77.0 Å². The topological polar surface area (TPSA) is 213 Å². The number of nitrogens with one attached hydrogen (secondary N) is 1. The number of aliphatic hydroxyl groups excluding tert-OH is 2. The molecule has 2 atom stereocenters. The average molecular weight is 673 g/mol. The van der Waals surface area contributed by atoms with Crippen molar-refractivity contribution in [3.63, 3.8) is 0 Å². The van der Waals surface area contributed by atoms with Crippen LogP contribution in [0.2, 0.25) is 10.3 Å². The van der Waals surface area contributed by atoms with Crippen molar-refractivity contribution in [1.29, 1.82) is 10.5 Å². The van der Waals surface area contributed by atoms with E-state index in [0.717, 1.165) is 68.1 Å². The normalized spacial score (nSPS) is 22.1. The van der Waals surface area contributed by atoms with Gasteiger partial charge in [0.2, 0.25) is 5.91 Å². The smallest absolute Gasteiger partial charge is 0.245 e. The minimum atomic E-state index is -1.01. The minimum Gasteiger partial charge on any atom is -0.396 e. The molecule has 12 nitrogen and oxygen atoms in total. The molecule has 3 heterocycles. The predicted octanol–water partition coefficient (Wildman–Crippen LogP) is 5.84. The number of anilines is 2. The van der Waals surface area contributed by atoms with Crippen molar-refractivity contribution < 1.29 is 15.0 Å². The third kappa shape index (κ3) is 10.7. The highest BCUT2D eigenvalue weighted by Gasteiger charge is 2.27. The molecule has 5 rings (SSSR count). The SMILES string of the molecule is C[C@@H](O)C(N)=O.C[C@@H](O)c1nc2cnc(Cl)cc2n1C1CCC(CC#N)CC1.N#CCC1CCC(Nc2cc(Cl)ncc2N)CC1. The summed E-state index contributed by atoms with van der Waals surface area (Å²) >= 11 is 11.9. The molecule has 0 aliphatic heterocycles. The van der Waals surface area contributed by atoms with Gasteiger partial charge in [0.15, 0.2) is 0 Å². The van der Waals surface area contributed by atoms with Crippen molar-refractivity contribution in [2.45, 2.75) is 102 Å². The molecular weight excluding hydrogens is 629 g/mol. The zero-order valence-corrected chi connectivity index (χ0v) is 27.8. The molecule has 0 radical (unpaired) electrons. The van der Waals surface area contributed by atoms with Crippen molar-refractivity contribution in [3.05, 3.63) is 40.7 Å². The van der Waals surface area contributed by atoms with Crippen LogP contribution < -0.4 is 16.8 Å². The Bertz CT molecular complexity index is 1520. The third-order valence-electron chi connectivity index (χ3n) is 8.40. The van der Waals surface area contributed by atoms with E-state index in [-0.39, 0.29) is 0 Å². The van der Waals surface area contributed by atoms with Crippen LogP contribution in [0.4, 0.5) is 11.4 Å². The second-order valence-electron chi connectivity index (χ2n) is 11.9. The van der Waals surface area contributed by atoms with E-state index in [1.165, 1.54) is 6.92 Å². The van der Waals surface area contributed by atoms with E-state index in [1.807, 2.05) is 6.07 Å². The number of imidazole rings is 1. The zero-order valence-electron chi connectivity index (χ0n) is 26.2. The molecule has 1 amide bonds. The fourth-order valence-electron chi connectivity index (χ4n) is 5.83. The largest absolute Gasteiger partial charge is 0.396 e. The van der Waals surface area contributed by atoms with E-state index in [9.17, 15) is 9.90 Å². The van der Waals surface area contributed by atoms with Gasteiger partial charge in [-0.25, -0.2) is 15.0 Å². The van der Waals surface area contributed by atoms with Crippen LogP contribution in [0.15, 0.2) is 24.5 Å². The number of nitrogens with zero attached hydrogens (tertiary/aromatic N) is 6. The van der Waals surface area contributed by atoms with Gasteiger partial charge in [-0.3, -0.25) is 4.79 Å². The third-order valence-corrected chi connectivity index (χ3v) is 8.82. The summed E-state index contributed by atoms with van der Waals surface area (Å²) in [6, 6.07) is 8.81. The summed E-state index contributed by atoms with van der Waals surface area (Å²) in [5, 5.41) is 40.0. The molecule has 2 saturated carbocycles.